The molecule has 3 heterocycles. The van der Waals surface area contributed by atoms with Crippen LogP contribution in [0.1, 0.15) is 39.1 Å². The van der Waals surface area contributed by atoms with Crippen LogP contribution in [-0.2, 0) is 10.2 Å². The third-order valence-electron chi connectivity index (χ3n) is 4.36. The van der Waals surface area contributed by atoms with Crippen molar-refractivity contribution in [3.63, 3.8) is 0 Å². The average Bonchev–Trinajstić information content (AvgIpc) is 3.31. The van der Waals surface area contributed by atoms with Gasteiger partial charge in [0.15, 0.2) is 11.2 Å². The van der Waals surface area contributed by atoms with Crippen LogP contribution in [-0.4, -0.2) is 58.3 Å². The minimum atomic E-state index is -4.67. The van der Waals surface area contributed by atoms with Crippen LogP contribution in [0.15, 0.2) is 16.7 Å². The van der Waals surface area contributed by atoms with Crippen molar-refractivity contribution in [3.8, 4) is 0 Å². The summed E-state index contributed by atoms with van der Waals surface area (Å²) in [7, 11) is 1.18. The fourth-order valence-electron chi connectivity index (χ4n) is 2.92. The molecule has 1 unspecified atom stereocenters. The number of nitrogens with one attached hydrogen (secondary N) is 1. The van der Waals surface area contributed by atoms with E-state index in [0.29, 0.717) is 0 Å². The van der Waals surface area contributed by atoms with Crippen molar-refractivity contribution in [1.29, 1.82) is 0 Å². The van der Waals surface area contributed by atoms with Crippen molar-refractivity contribution in [2.75, 3.05) is 20.2 Å². The van der Waals surface area contributed by atoms with Gasteiger partial charge in [0.1, 0.15) is 11.4 Å². The Morgan fingerprint density at radius 2 is 2.04 bits per heavy atom. The number of rotatable bonds is 3. The number of hydrogen-bond acceptors (Lipinski definition) is 6. The first kappa shape index (κ1) is 18.0. The van der Waals surface area contributed by atoms with Gasteiger partial charge in [-0.15, -0.1) is 0 Å². The smallest absolute Gasteiger partial charge is 0.405 e. The maximum Gasteiger partial charge on any atom is 0.405 e. The predicted octanol–water partition coefficient (Wildman–Crippen LogP) is 1.84. The summed E-state index contributed by atoms with van der Waals surface area (Å²) in [5.74, 6) is -1.82. The van der Waals surface area contributed by atoms with Gasteiger partial charge in [-0.1, -0.05) is 5.16 Å². The van der Waals surface area contributed by atoms with Crippen molar-refractivity contribution in [2.24, 2.45) is 0 Å². The molecule has 0 saturated carbocycles. The monoisotopic (exact) mass is 372 g/mol. The lowest BCUT2D eigenvalue weighted by Crippen LogP contribution is -2.46. The SMILES string of the molecule is COC(=O)c1ccc(C(=O)N2CCC(c3nc(C)no3)(C(F)(F)F)C2)[nH]1. The van der Waals surface area contributed by atoms with Crippen LogP contribution in [0.25, 0.3) is 0 Å². The maximum absolute atomic E-state index is 13.8. The van der Waals surface area contributed by atoms with Crippen molar-refractivity contribution in [3.05, 3.63) is 35.2 Å². The molecule has 1 aliphatic heterocycles. The number of methoxy groups -OCH3 is 1. The topological polar surface area (TPSA) is 101 Å². The molecular weight excluding hydrogens is 357 g/mol. The van der Waals surface area contributed by atoms with Crippen molar-refractivity contribution in [2.45, 2.75) is 24.9 Å². The Hall–Kier alpha value is -2.85. The number of nitrogens with zero attached hydrogens (tertiary/aromatic N) is 3. The third-order valence-corrected chi connectivity index (χ3v) is 4.36. The third kappa shape index (κ3) is 2.82. The van der Waals surface area contributed by atoms with E-state index >= 15 is 0 Å². The lowest BCUT2D eigenvalue weighted by atomic mass is 9.86. The largest absolute Gasteiger partial charge is 0.464 e. The van der Waals surface area contributed by atoms with Crippen LogP contribution < -0.4 is 0 Å². The summed E-state index contributed by atoms with van der Waals surface area (Å²) in [5.41, 5.74) is -2.39. The predicted molar refractivity (Wildman–Crippen MR) is 79.4 cm³/mol. The second-order valence-electron chi connectivity index (χ2n) is 5.98. The standard InChI is InChI=1S/C15H15F3N4O4/c1-8-19-13(26-21-8)14(15(16,17)18)5-6-22(7-14)11(23)9-3-4-10(20-9)12(24)25-2/h3-4,20H,5-7H2,1-2H3. The summed E-state index contributed by atoms with van der Waals surface area (Å²) in [4.78, 5) is 31.3. The number of likely N-dealkylation sites (tertiary alicyclic amines) is 1. The molecule has 1 atom stereocenters. The van der Waals surface area contributed by atoms with Gasteiger partial charge in [-0.05, 0) is 25.5 Å². The molecule has 3 rings (SSSR count). The van der Waals surface area contributed by atoms with Gasteiger partial charge in [0.2, 0.25) is 5.89 Å². The van der Waals surface area contributed by atoms with Gasteiger partial charge in [0.25, 0.3) is 5.91 Å². The number of esters is 1. The van der Waals surface area contributed by atoms with Crippen molar-refractivity contribution < 1.29 is 32.0 Å². The molecule has 0 aliphatic carbocycles. The summed E-state index contributed by atoms with van der Waals surface area (Å²) >= 11 is 0. The van der Waals surface area contributed by atoms with Gasteiger partial charge in [-0.25, -0.2) is 4.79 Å². The van der Waals surface area contributed by atoms with E-state index in [1.807, 2.05) is 0 Å². The fourth-order valence-corrected chi connectivity index (χ4v) is 2.92. The van der Waals surface area contributed by atoms with E-state index in [9.17, 15) is 22.8 Å². The quantitative estimate of drug-likeness (QED) is 0.825. The average molecular weight is 372 g/mol. The van der Waals surface area contributed by atoms with Gasteiger partial charge in [0, 0.05) is 13.1 Å². The first-order valence-corrected chi connectivity index (χ1v) is 7.62. The first-order valence-electron chi connectivity index (χ1n) is 7.62. The molecule has 2 aromatic rings. The molecule has 140 valence electrons. The van der Waals surface area contributed by atoms with Gasteiger partial charge < -0.3 is 19.1 Å². The highest BCUT2D eigenvalue weighted by molar-refractivity contribution is 5.95. The molecule has 1 fully saturated rings. The van der Waals surface area contributed by atoms with Crippen LogP contribution in [0, 0.1) is 6.92 Å². The Labute approximate surface area is 145 Å². The lowest BCUT2D eigenvalue weighted by molar-refractivity contribution is -0.193. The van der Waals surface area contributed by atoms with E-state index in [0.717, 1.165) is 4.90 Å². The van der Waals surface area contributed by atoms with E-state index in [4.69, 9.17) is 4.52 Å². The van der Waals surface area contributed by atoms with E-state index in [1.165, 1.54) is 26.2 Å². The highest BCUT2D eigenvalue weighted by Gasteiger charge is 2.63. The molecule has 0 bridgehead atoms. The zero-order valence-electron chi connectivity index (χ0n) is 13.9. The molecule has 1 saturated heterocycles. The number of carbonyl (C=O) groups excluding carboxylic acids is 2. The van der Waals surface area contributed by atoms with Crippen LogP contribution in [0.4, 0.5) is 13.2 Å². The molecule has 2 aromatic heterocycles. The number of hydrogen-bond donors (Lipinski definition) is 1. The summed E-state index contributed by atoms with van der Waals surface area (Å²) in [6, 6.07) is 2.65. The Morgan fingerprint density at radius 3 is 2.62 bits per heavy atom. The Bertz CT molecular complexity index is 844. The number of halogens is 3. The second-order valence-corrected chi connectivity index (χ2v) is 5.98. The van der Waals surface area contributed by atoms with E-state index < -0.39 is 42.3 Å². The van der Waals surface area contributed by atoms with E-state index in [1.54, 1.807) is 0 Å². The number of aromatic nitrogens is 3. The van der Waals surface area contributed by atoms with Gasteiger partial charge in [-0.3, -0.25) is 4.79 Å². The van der Waals surface area contributed by atoms with Gasteiger partial charge in [-0.2, -0.15) is 18.2 Å². The van der Waals surface area contributed by atoms with E-state index in [2.05, 4.69) is 19.9 Å². The molecule has 8 nitrogen and oxygen atoms in total. The number of aryl methyl sites for hydroxylation is 1. The summed E-state index contributed by atoms with van der Waals surface area (Å²) in [6.45, 7) is 0.623. The van der Waals surface area contributed by atoms with Gasteiger partial charge >= 0.3 is 12.1 Å². The molecule has 11 heteroatoms. The zero-order valence-corrected chi connectivity index (χ0v) is 13.9. The molecule has 26 heavy (non-hydrogen) atoms. The Morgan fingerprint density at radius 1 is 1.35 bits per heavy atom. The number of alkyl halides is 3. The van der Waals surface area contributed by atoms with Crippen LogP contribution in [0.2, 0.25) is 0 Å². The highest BCUT2D eigenvalue weighted by atomic mass is 19.4. The lowest BCUT2D eigenvalue weighted by Gasteiger charge is -2.27. The first-order chi connectivity index (χ1) is 12.2. The van der Waals surface area contributed by atoms with Crippen LogP contribution in [0.3, 0.4) is 0 Å². The molecular formula is C15H15F3N4O4. The van der Waals surface area contributed by atoms with Gasteiger partial charge in [0.05, 0.1) is 7.11 Å². The number of carbonyl (C=O) groups is 2. The molecule has 1 amide bonds. The molecule has 1 aliphatic rings. The number of H-pyrrole nitrogens is 1. The number of ether oxygens (including phenoxy) is 1. The van der Waals surface area contributed by atoms with Crippen molar-refractivity contribution in [1.82, 2.24) is 20.0 Å². The fraction of sp³-hybridized carbons (Fsp3) is 0.467. The normalized spacial score (nSPS) is 20.4. The Kier molecular flexibility index (Phi) is 4.24. The Balaban J connectivity index is 1.86. The molecule has 0 aromatic carbocycles. The molecule has 0 radical (unpaired) electrons. The zero-order chi connectivity index (χ0) is 19.1. The minimum absolute atomic E-state index is 0.00918. The number of amides is 1. The summed E-state index contributed by atoms with van der Waals surface area (Å²) < 4.78 is 50.6. The highest BCUT2D eigenvalue weighted by Crippen LogP contribution is 2.47. The summed E-state index contributed by atoms with van der Waals surface area (Å²) in [5, 5.41) is 3.43. The minimum Gasteiger partial charge on any atom is -0.464 e. The molecule has 1 N–H and O–H groups in total. The summed E-state index contributed by atoms with van der Waals surface area (Å²) in [6.07, 6.45) is -5.07. The maximum atomic E-state index is 13.8. The van der Waals surface area contributed by atoms with E-state index in [-0.39, 0.29) is 23.8 Å². The second kappa shape index (κ2) is 6.15. The van der Waals surface area contributed by atoms with Crippen LogP contribution in [0.5, 0.6) is 0 Å². The van der Waals surface area contributed by atoms with Crippen LogP contribution >= 0.6 is 0 Å². The van der Waals surface area contributed by atoms with Crippen molar-refractivity contribution >= 4 is 11.9 Å². The molecule has 0 spiro atoms. The number of aromatic amines is 1.